The van der Waals surface area contributed by atoms with Crippen molar-refractivity contribution in [2.45, 2.75) is 17.9 Å². The van der Waals surface area contributed by atoms with E-state index in [0.717, 1.165) is 5.56 Å². The first kappa shape index (κ1) is 20.8. The molecule has 1 amide bonds. The number of halogens is 2. The van der Waals surface area contributed by atoms with Gasteiger partial charge >= 0.3 is 0 Å². The summed E-state index contributed by atoms with van der Waals surface area (Å²) < 4.78 is 36.0. The van der Waals surface area contributed by atoms with Crippen LogP contribution in [0.4, 0.5) is 0 Å². The van der Waals surface area contributed by atoms with Crippen molar-refractivity contribution < 1.29 is 22.7 Å². The van der Waals surface area contributed by atoms with Crippen LogP contribution < -0.4 is 9.47 Å². The van der Waals surface area contributed by atoms with Crippen molar-refractivity contribution in [2.75, 3.05) is 26.0 Å². The number of sulfone groups is 1. The van der Waals surface area contributed by atoms with E-state index in [1.165, 1.54) is 17.0 Å². The van der Waals surface area contributed by atoms with Crippen molar-refractivity contribution in [1.82, 2.24) is 4.90 Å². The lowest BCUT2D eigenvalue weighted by atomic mass is 10.2. The summed E-state index contributed by atoms with van der Waals surface area (Å²) >= 11 is 12.0. The summed E-state index contributed by atoms with van der Waals surface area (Å²) in [7, 11) is -2.03. The molecule has 2 aromatic carbocycles. The van der Waals surface area contributed by atoms with Crippen molar-refractivity contribution in [3.05, 3.63) is 52.0 Å². The molecule has 1 aliphatic heterocycles. The molecule has 1 heterocycles. The Balaban J connectivity index is 1.62. The van der Waals surface area contributed by atoms with Crippen LogP contribution >= 0.6 is 23.2 Å². The first-order valence-electron chi connectivity index (χ1n) is 8.56. The zero-order valence-corrected chi connectivity index (χ0v) is 17.5. The topological polar surface area (TPSA) is 72.9 Å². The molecule has 2 aromatic rings. The van der Waals surface area contributed by atoms with E-state index in [4.69, 9.17) is 32.7 Å². The van der Waals surface area contributed by atoms with Gasteiger partial charge in [0.2, 0.25) is 5.91 Å². The van der Waals surface area contributed by atoms with Gasteiger partial charge in [-0.2, -0.15) is 0 Å². The van der Waals surface area contributed by atoms with Gasteiger partial charge in [-0.25, -0.2) is 8.42 Å². The third-order valence-electron chi connectivity index (χ3n) is 4.31. The van der Waals surface area contributed by atoms with E-state index in [0.29, 0.717) is 34.8 Å². The van der Waals surface area contributed by atoms with Gasteiger partial charge in [0.05, 0.1) is 10.6 Å². The fourth-order valence-electron chi connectivity index (χ4n) is 2.74. The molecule has 9 heteroatoms. The van der Waals surface area contributed by atoms with E-state index in [9.17, 15) is 13.2 Å². The third kappa shape index (κ3) is 4.90. The van der Waals surface area contributed by atoms with Crippen molar-refractivity contribution in [3.63, 3.8) is 0 Å². The maximum atomic E-state index is 12.6. The van der Waals surface area contributed by atoms with Gasteiger partial charge in [0.15, 0.2) is 21.3 Å². The van der Waals surface area contributed by atoms with Gasteiger partial charge in [0, 0.05) is 36.1 Å². The fourth-order valence-corrected chi connectivity index (χ4v) is 4.45. The number of amides is 1. The van der Waals surface area contributed by atoms with Crippen LogP contribution in [0.2, 0.25) is 10.0 Å². The van der Waals surface area contributed by atoms with E-state index in [2.05, 4.69) is 0 Å². The maximum Gasteiger partial charge on any atom is 0.223 e. The summed E-state index contributed by atoms with van der Waals surface area (Å²) in [5.41, 5.74) is 0.733. The molecule has 0 unspecified atom stereocenters. The number of hydrogen-bond donors (Lipinski definition) is 0. The Morgan fingerprint density at radius 2 is 1.79 bits per heavy atom. The lowest BCUT2D eigenvalue weighted by Crippen LogP contribution is -2.28. The SMILES string of the molecule is CN(Cc1ccc(Cl)cc1Cl)C(=O)CCS(=O)(=O)c1ccc2c(c1)OCCO2. The molecule has 3 rings (SSSR count). The number of rotatable bonds is 6. The van der Waals surface area contributed by atoms with Gasteiger partial charge < -0.3 is 14.4 Å². The number of fused-ring (bicyclic) bond motifs is 1. The lowest BCUT2D eigenvalue weighted by molar-refractivity contribution is -0.130. The van der Waals surface area contributed by atoms with Crippen LogP contribution in [-0.4, -0.2) is 45.2 Å². The minimum atomic E-state index is -3.64. The Bertz CT molecular complexity index is 994. The number of nitrogens with zero attached hydrogens (tertiary/aromatic N) is 1. The summed E-state index contributed by atoms with van der Waals surface area (Å²) in [6.07, 6.45) is -0.140. The predicted octanol–water partition coefficient (Wildman–Crippen LogP) is 3.59. The number of benzene rings is 2. The molecular weight excluding hydrogens is 425 g/mol. The normalized spacial score (nSPS) is 13.2. The van der Waals surface area contributed by atoms with Crippen LogP contribution in [0.25, 0.3) is 0 Å². The first-order valence-corrected chi connectivity index (χ1v) is 11.0. The molecule has 0 radical (unpaired) electrons. The molecule has 0 bridgehead atoms. The molecule has 0 spiro atoms. The molecule has 0 N–H and O–H groups in total. The van der Waals surface area contributed by atoms with E-state index in [1.807, 2.05) is 0 Å². The van der Waals surface area contributed by atoms with Gasteiger partial charge in [-0.1, -0.05) is 29.3 Å². The standard InChI is InChI=1S/C19H19Cl2NO5S/c1-22(12-13-2-3-14(20)10-16(13)21)19(23)6-9-28(24,25)15-4-5-17-18(11-15)27-8-7-26-17/h2-5,10-11H,6-9,12H2,1H3. The van der Waals surface area contributed by atoms with Crippen LogP contribution in [0.15, 0.2) is 41.3 Å². The van der Waals surface area contributed by atoms with Crippen LogP contribution in [0.1, 0.15) is 12.0 Å². The predicted molar refractivity (Wildman–Crippen MR) is 107 cm³/mol. The zero-order valence-electron chi connectivity index (χ0n) is 15.2. The minimum Gasteiger partial charge on any atom is -0.486 e. The first-order chi connectivity index (χ1) is 13.3. The molecular formula is C19H19Cl2NO5S. The van der Waals surface area contributed by atoms with Crippen molar-refractivity contribution in [2.24, 2.45) is 0 Å². The average molecular weight is 444 g/mol. The Morgan fingerprint density at radius 1 is 1.07 bits per heavy atom. The molecule has 150 valence electrons. The summed E-state index contributed by atoms with van der Waals surface area (Å²) in [4.78, 5) is 13.9. The largest absolute Gasteiger partial charge is 0.486 e. The van der Waals surface area contributed by atoms with Gasteiger partial charge in [0.1, 0.15) is 13.2 Å². The molecule has 0 aliphatic carbocycles. The van der Waals surface area contributed by atoms with Crippen molar-refractivity contribution in [3.8, 4) is 11.5 Å². The van der Waals surface area contributed by atoms with E-state index >= 15 is 0 Å². The van der Waals surface area contributed by atoms with Crippen LogP contribution in [-0.2, 0) is 21.2 Å². The monoisotopic (exact) mass is 443 g/mol. The summed E-state index contributed by atoms with van der Waals surface area (Å²) in [6, 6.07) is 9.49. The molecule has 0 atom stereocenters. The fraction of sp³-hybridized carbons (Fsp3) is 0.316. The summed E-state index contributed by atoms with van der Waals surface area (Å²) in [5, 5.41) is 0.962. The van der Waals surface area contributed by atoms with E-state index in [1.54, 1.807) is 31.3 Å². The average Bonchev–Trinajstić information content (AvgIpc) is 2.67. The van der Waals surface area contributed by atoms with Crippen molar-refractivity contribution >= 4 is 38.9 Å². The quantitative estimate of drug-likeness (QED) is 0.681. The van der Waals surface area contributed by atoms with Crippen molar-refractivity contribution in [1.29, 1.82) is 0 Å². The molecule has 1 aliphatic rings. The second-order valence-electron chi connectivity index (χ2n) is 6.36. The third-order valence-corrected chi connectivity index (χ3v) is 6.61. The molecule has 0 saturated heterocycles. The van der Waals surface area contributed by atoms with Gasteiger partial charge in [-0.15, -0.1) is 0 Å². The van der Waals surface area contributed by atoms with Gasteiger partial charge in [0.25, 0.3) is 0 Å². The lowest BCUT2D eigenvalue weighted by Gasteiger charge is -2.19. The summed E-state index contributed by atoms with van der Waals surface area (Å²) in [5.74, 6) is 0.311. The van der Waals surface area contributed by atoms with Gasteiger partial charge in [-0.05, 0) is 29.8 Å². The van der Waals surface area contributed by atoms with Crippen LogP contribution in [0.3, 0.4) is 0 Å². The smallest absolute Gasteiger partial charge is 0.223 e. The molecule has 0 aromatic heterocycles. The minimum absolute atomic E-state index is 0.105. The Kier molecular flexibility index (Phi) is 6.37. The van der Waals surface area contributed by atoms with E-state index in [-0.39, 0.29) is 29.5 Å². The molecule has 28 heavy (non-hydrogen) atoms. The molecule has 6 nitrogen and oxygen atoms in total. The molecule has 0 saturated carbocycles. The maximum absolute atomic E-state index is 12.6. The second-order valence-corrected chi connectivity index (χ2v) is 9.31. The van der Waals surface area contributed by atoms with Gasteiger partial charge in [-0.3, -0.25) is 4.79 Å². The Morgan fingerprint density at radius 3 is 2.50 bits per heavy atom. The number of hydrogen-bond acceptors (Lipinski definition) is 5. The zero-order chi connectivity index (χ0) is 20.3. The number of carbonyl (C=O) groups excluding carboxylic acids is 1. The number of ether oxygens (including phenoxy) is 2. The van der Waals surface area contributed by atoms with Crippen LogP contribution in [0.5, 0.6) is 11.5 Å². The Hall–Kier alpha value is -1.96. The van der Waals surface area contributed by atoms with E-state index < -0.39 is 9.84 Å². The summed E-state index contributed by atoms with van der Waals surface area (Å²) in [6.45, 7) is 1.06. The van der Waals surface area contributed by atoms with Crippen LogP contribution in [0, 0.1) is 0 Å². The highest BCUT2D eigenvalue weighted by molar-refractivity contribution is 7.91. The number of carbonyl (C=O) groups is 1. The highest BCUT2D eigenvalue weighted by Crippen LogP contribution is 2.32. The second kappa shape index (κ2) is 8.59. The Labute approximate surface area is 173 Å². The highest BCUT2D eigenvalue weighted by Gasteiger charge is 2.22. The molecule has 0 fully saturated rings. The highest BCUT2D eigenvalue weighted by atomic mass is 35.5.